The third-order valence-corrected chi connectivity index (χ3v) is 2.79. The zero-order valence-corrected chi connectivity index (χ0v) is 8.90. The van der Waals surface area contributed by atoms with Crippen LogP contribution in [-0.2, 0) is 15.5 Å². The summed E-state index contributed by atoms with van der Waals surface area (Å²) >= 11 is 5.60. The van der Waals surface area contributed by atoms with Crippen molar-refractivity contribution in [2.45, 2.75) is 6.42 Å². The van der Waals surface area contributed by atoms with E-state index in [1.807, 2.05) is 0 Å². The van der Waals surface area contributed by atoms with Crippen molar-refractivity contribution < 1.29 is 8.42 Å². The molecule has 0 saturated heterocycles. The molecule has 1 aromatic rings. The number of aromatic nitrogens is 1. The van der Waals surface area contributed by atoms with Crippen LogP contribution in [0.4, 0.5) is 0 Å². The van der Waals surface area contributed by atoms with Crippen LogP contribution in [0.25, 0.3) is 0 Å². The molecule has 13 heavy (non-hydrogen) atoms. The Kier molecular flexibility index (Phi) is 3.53. The highest BCUT2D eigenvalue weighted by molar-refractivity contribution is 8.13. The number of hydrogen-bond donors (Lipinski definition) is 0. The molecule has 0 atom stereocenters. The molecule has 72 valence electrons. The van der Waals surface area contributed by atoms with Crippen LogP contribution >= 0.6 is 22.3 Å². The van der Waals surface area contributed by atoms with E-state index in [0.717, 1.165) is 5.56 Å². The van der Waals surface area contributed by atoms with Gasteiger partial charge in [0.15, 0.2) is 0 Å². The molecule has 0 unspecified atom stereocenters. The fourth-order valence-electron chi connectivity index (χ4n) is 0.838. The fourth-order valence-corrected chi connectivity index (χ4v) is 1.75. The van der Waals surface area contributed by atoms with Crippen molar-refractivity contribution in [2.24, 2.45) is 0 Å². The second-order valence-corrected chi connectivity index (χ2v) is 5.76. The third kappa shape index (κ3) is 4.45. The van der Waals surface area contributed by atoms with Crippen molar-refractivity contribution in [2.75, 3.05) is 5.75 Å². The summed E-state index contributed by atoms with van der Waals surface area (Å²) in [6.45, 7) is 0. The number of halogens is 2. The third-order valence-electron chi connectivity index (χ3n) is 1.43. The fraction of sp³-hybridized carbons (Fsp3) is 0.286. The highest BCUT2D eigenvalue weighted by Crippen LogP contribution is 2.09. The van der Waals surface area contributed by atoms with E-state index < -0.39 is 9.05 Å². The molecule has 0 spiro atoms. The maximum Gasteiger partial charge on any atom is 0.232 e. The number of nitrogens with zero attached hydrogens (tertiary/aromatic N) is 1. The standard InChI is InChI=1S/C7H7Cl2NO2S/c8-7-5-6(1-3-10-7)2-4-13(9,11)12/h1,3,5H,2,4H2. The Hall–Kier alpha value is -0.320. The predicted molar refractivity (Wildman–Crippen MR) is 52.6 cm³/mol. The number of aryl methyl sites for hydroxylation is 1. The van der Waals surface area contributed by atoms with Crippen molar-refractivity contribution in [3.63, 3.8) is 0 Å². The predicted octanol–water partition coefficient (Wildman–Crippen LogP) is 1.85. The lowest BCUT2D eigenvalue weighted by Gasteiger charge is -1.98. The van der Waals surface area contributed by atoms with Gasteiger partial charge in [-0.25, -0.2) is 13.4 Å². The molecule has 0 aliphatic carbocycles. The molecule has 0 saturated carbocycles. The van der Waals surface area contributed by atoms with Gasteiger partial charge in [-0.1, -0.05) is 11.6 Å². The average molecular weight is 240 g/mol. The van der Waals surface area contributed by atoms with E-state index in [1.54, 1.807) is 12.1 Å². The van der Waals surface area contributed by atoms with Gasteiger partial charge in [-0.3, -0.25) is 0 Å². The molecule has 0 aliphatic rings. The van der Waals surface area contributed by atoms with Gasteiger partial charge in [0.25, 0.3) is 0 Å². The van der Waals surface area contributed by atoms with Crippen molar-refractivity contribution >= 4 is 31.3 Å². The lowest BCUT2D eigenvalue weighted by molar-refractivity contribution is 0.609. The minimum atomic E-state index is -3.43. The molecular formula is C7H7Cl2NO2S. The Morgan fingerprint density at radius 1 is 1.46 bits per heavy atom. The lowest BCUT2D eigenvalue weighted by atomic mass is 10.2. The van der Waals surface area contributed by atoms with E-state index >= 15 is 0 Å². The van der Waals surface area contributed by atoms with Crippen LogP contribution in [-0.4, -0.2) is 19.2 Å². The van der Waals surface area contributed by atoms with Crippen LogP contribution in [0.2, 0.25) is 5.15 Å². The van der Waals surface area contributed by atoms with Gasteiger partial charge in [0, 0.05) is 16.9 Å². The molecule has 0 N–H and O–H groups in total. The van der Waals surface area contributed by atoms with E-state index in [0.29, 0.717) is 11.6 Å². The molecule has 0 aliphatic heterocycles. The number of rotatable bonds is 3. The number of pyridine rings is 1. The van der Waals surface area contributed by atoms with Crippen LogP contribution in [0.3, 0.4) is 0 Å². The van der Waals surface area contributed by atoms with Crippen LogP contribution in [0, 0.1) is 0 Å². The van der Waals surface area contributed by atoms with E-state index in [2.05, 4.69) is 4.98 Å². The molecule has 0 radical (unpaired) electrons. The molecule has 0 amide bonds. The largest absolute Gasteiger partial charge is 0.245 e. The summed E-state index contributed by atoms with van der Waals surface area (Å²) in [5.41, 5.74) is 0.809. The highest BCUT2D eigenvalue weighted by atomic mass is 35.7. The van der Waals surface area contributed by atoms with E-state index in [1.165, 1.54) is 6.20 Å². The van der Waals surface area contributed by atoms with Crippen LogP contribution in [0.15, 0.2) is 18.3 Å². The highest BCUT2D eigenvalue weighted by Gasteiger charge is 2.05. The first kappa shape index (κ1) is 10.8. The SMILES string of the molecule is O=S(=O)(Cl)CCc1ccnc(Cl)c1. The average Bonchev–Trinajstić information content (AvgIpc) is 2.00. The van der Waals surface area contributed by atoms with Gasteiger partial charge in [0.1, 0.15) is 5.15 Å². The Morgan fingerprint density at radius 2 is 2.15 bits per heavy atom. The monoisotopic (exact) mass is 239 g/mol. The topological polar surface area (TPSA) is 47.0 Å². The molecule has 1 rings (SSSR count). The molecule has 0 bridgehead atoms. The van der Waals surface area contributed by atoms with Crippen LogP contribution in [0.5, 0.6) is 0 Å². The summed E-state index contributed by atoms with van der Waals surface area (Å²) in [5, 5.41) is 0.351. The second kappa shape index (κ2) is 4.26. The van der Waals surface area contributed by atoms with E-state index in [9.17, 15) is 8.42 Å². The van der Waals surface area contributed by atoms with Gasteiger partial charge in [0.2, 0.25) is 9.05 Å². The smallest absolute Gasteiger partial charge is 0.232 e. The van der Waals surface area contributed by atoms with Gasteiger partial charge >= 0.3 is 0 Å². The summed E-state index contributed by atoms with van der Waals surface area (Å²) < 4.78 is 21.2. The number of hydrogen-bond acceptors (Lipinski definition) is 3. The van der Waals surface area contributed by atoms with Crippen LogP contribution < -0.4 is 0 Å². The van der Waals surface area contributed by atoms with Gasteiger partial charge in [-0.05, 0) is 24.1 Å². The van der Waals surface area contributed by atoms with Crippen molar-refractivity contribution in [1.82, 2.24) is 4.98 Å². The zero-order chi connectivity index (χ0) is 9.90. The van der Waals surface area contributed by atoms with Crippen LogP contribution in [0.1, 0.15) is 5.56 Å². The summed E-state index contributed by atoms with van der Waals surface area (Å²) in [5.74, 6) is -0.0884. The molecule has 0 aromatic carbocycles. The van der Waals surface area contributed by atoms with Crippen molar-refractivity contribution in [1.29, 1.82) is 0 Å². The Bertz CT molecular complexity index is 391. The maximum absolute atomic E-state index is 10.6. The minimum Gasteiger partial charge on any atom is -0.245 e. The second-order valence-electron chi connectivity index (χ2n) is 2.48. The summed E-state index contributed by atoms with van der Waals surface area (Å²) in [7, 11) is 1.62. The van der Waals surface area contributed by atoms with E-state index in [4.69, 9.17) is 22.3 Å². The Labute approximate surface area is 86.1 Å². The van der Waals surface area contributed by atoms with E-state index in [-0.39, 0.29) is 5.75 Å². The lowest BCUT2D eigenvalue weighted by Crippen LogP contribution is -2.00. The zero-order valence-electron chi connectivity index (χ0n) is 6.57. The van der Waals surface area contributed by atoms with Crippen molar-refractivity contribution in [3.05, 3.63) is 29.0 Å². The van der Waals surface area contributed by atoms with Crippen molar-refractivity contribution in [3.8, 4) is 0 Å². The maximum atomic E-state index is 10.6. The first-order chi connectivity index (χ1) is 5.97. The minimum absolute atomic E-state index is 0.0884. The van der Waals surface area contributed by atoms with Gasteiger partial charge in [0.05, 0.1) is 5.75 Å². The van der Waals surface area contributed by atoms with Gasteiger partial charge < -0.3 is 0 Å². The molecule has 1 heterocycles. The first-order valence-electron chi connectivity index (χ1n) is 3.50. The normalized spacial score (nSPS) is 11.5. The molecule has 3 nitrogen and oxygen atoms in total. The summed E-state index contributed by atoms with van der Waals surface area (Å²) in [6.07, 6.45) is 1.88. The molecule has 1 aromatic heterocycles. The Morgan fingerprint density at radius 3 is 2.69 bits per heavy atom. The molecule has 6 heteroatoms. The molecule has 0 fully saturated rings. The van der Waals surface area contributed by atoms with Gasteiger partial charge in [-0.15, -0.1) is 0 Å². The van der Waals surface area contributed by atoms with Gasteiger partial charge in [-0.2, -0.15) is 0 Å². The molecular weight excluding hydrogens is 233 g/mol. The summed E-state index contributed by atoms with van der Waals surface area (Å²) in [4.78, 5) is 3.77. The summed E-state index contributed by atoms with van der Waals surface area (Å²) in [6, 6.07) is 3.32. The first-order valence-corrected chi connectivity index (χ1v) is 6.36. The quantitative estimate of drug-likeness (QED) is 0.598. The Balaban J connectivity index is 2.65.